The highest BCUT2D eigenvalue weighted by Crippen LogP contribution is 2.08. The van der Waals surface area contributed by atoms with Crippen LogP contribution in [-0.2, 0) is 0 Å². The maximum atomic E-state index is 11.7. The first-order chi connectivity index (χ1) is 9.54. The van der Waals surface area contributed by atoms with Crippen molar-refractivity contribution in [2.24, 2.45) is 0 Å². The Balaban J connectivity index is 2.41. The van der Waals surface area contributed by atoms with Gasteiger partial charge in [-0.2, -0.15) is 0 Å². The number of pyridine rings is 1. The van der Waals surface area contributed by atoms with Gasteiger partial charge in [0.25, 0.3) is 5.91 Å². The molecule has 0 radical (unpaired) electrons. The molecule has 0 aliphatic heterocycles. The Morgan fingerprint density at radius 3 is 2.85 bits per heavy atom. The van der Waals surface area contributed by atoms with Gasteiger partial charge in [0.2, 0.25) is 0 Å². The number of nitrogens with zero attached hydrogens (tertiary/aromatic N) is 2. The lowest BCUT2D eigenvalue weighted by Crippen LogP contribution is -2.28. The molecule has 0 saturated carbocycles. The SMILES string of the molecule is CCNC(=O)c1cc(NCCCN(C)C(C)C)ccn1. The third kappa shape index (κ3) is 5.57. The van der Waals surface area contributed by atoms with Crippen molar-refractivity contribution in [1.82, 2.24) is 15.2 Å². The van der Waals surface area contributed by atoms with E-state index in [4.69, 9.17) is 0 Å². The van der Waals surface area contributed by atoms with E-state index in [0.29, 0.717) is 18.3 Å². The summed E-state index contributed by atoms with van der Waals surface area (Å²) >= 11 is 0. The second-order valence-corrected chi connectivity index (χ2v) is 5.14. The third-order valence-corrected chi connectivity index (χ3v) is 3.23. The van der Waals surface area contributed by atoms with Crippen LogP contribution in [0.5, 0.6) is 0 Å². The van der Waals surface area contributed by atoms with Gasteiger partial charge in [-0.05, 0) is 52.9 Å². The minimum absolute atomic E-state index is 0.129. The first kappa shape index (κ1) is 16.4. The lowest BCUT2D eigenvalue weighted by molar-refractivity contribution is 0.0951. The molecule has 5 heteroatoms. The molecule has 1 aromatic rings. The predicted molar refractivity (Wildman–Crippen MR) is 83.1 cm³/mol. The molecular formula is C15H26N4O. The van der Waals surface area contributed by atoms with Crippen LogP contribution in [-0.4, -0.2) is 48.5 Å². The van der Waals surface area contributed by atoms with E-state index in [2.05, 4.69) is 41.4 Å². The van der Waals surface area contributed by atoms with Crippen molar-refractivity contribution < 1.29 is 4.79 Å². The molecule has 5 nitrogen and oxygen atoms in total. The Bertz CT molecular complexity index is 420. The van der Waals surface area contributed by atoms with E-state index in [1.165, 1.54) is 0 Å². The van der Waals surface area contributed by atoms with Crippen molar-refractivity contribution in [3.63, 3.8) is 0 Å². The van der Waals surface area contributed by atoms with Gasteiger partial charge in [-0.1, -0.05) is 0 Å². The lowest BCUT2D eigenvalue weighted by Gasteiger charge is -2.20. The Hall–Kier alpha value is -1.62. The summed E-state index contributed by atoms with van der Waals surface area (Å²) < 4.78 is 0. The highest BCUT2D eigenvalue weighted by atomic mass is 16.1. The molecule has 0 aliphatic carbocycles. The summed E-state index contributed by atoms with van der Waals surface area (Å²) in [5.74, 6) is -0.129. The smallest absolute Gasteiger partial charge is 0.269 e. The van der Waals surface area contributed by atoms with Crippen LogP contribution in [0.3, 0.4) is 0 Å². The molecule has 20 heavy (non-hydrogen) atoms. The summed E-state index contributed by atoms with van der Waals surface area (Å²) in [4.78, 5) is 18.1. The second kappa shape index (κ2) is 8.53. The highest BCUT2D eigenvalue weighted by Gasteiger charge is 2.06. The number of carbonyl (C=O) groups is 1. The van der Waals surface area contributed by atoms with Crippen LogP contribution < -0.4 is 10.6 Å². The van der Waals surface area contributed by atoms with Gasteiger partial charge in [-0.25, -0.2) is 0 Å². The zero-order valence-electron chi connectivity index (χ0n) is 12.9. The maximum Gasteiger partial charge on any atom is 0.269 e. The summed E-state index contributed by atoms with van der Waals surface area (Å²) in [6, 6.07) is 4.24. The molecule has 0 saturated heterocycles. The minimum atomic E-state index is -0.129. The van der Waals surface area contributed by atoms with Crippen LogP contribution in [0.4, 0.5) is 5.69 Å². The van der Waals surface area contributed by atoms with Crippen LogP contribution in [0, 0.1) is 0 Å². The number of carbonyl (C=O) groups excluding carboxylic acids is 1. The fraction of sp³-hybridized carbons (Fsp3) is 0.600. The average molecular weight is 278 g/mol. The van der Waals surface area contributed by atoms with E-state index in [9.17, 15) is 4.79 Å². The van der Waals surface area contributed by atoms with Gasteiger partial charge in [0.15, 0.2) is 0 Å². The van der Waals surface area contributed by atoms with Crippen molar-refractivity contribution in [3.05, 3.63) is 24.0 Å². The molecule has 0 bridgehead atoms. The Kier molecular flexibility index (Phi) is 7.01. The lowest BCUT2D eigenvalue weighted by atomic mass is 10.2. The van der Waals surface area contributed by atoms with E-state index in [-0.39, 0.29) is 5.91 Å². The molecule has 0 spiro atoms. The van der Waals surface area contributed by atoms with Crippen molar-refractivity contribution in [2.75, 3.05) is 32.0 Å². The zero-order chi connectivity index (χ0) is 15.0. The van der Waals surface area contributed by atoms with Crippen molar-refractivity contribution in [3.8, 4) is 0 Å². The molecular weight excluding hydrogens is 252 g/mol. The molecule has 0 aromatic carbocycles. The summed E-state index contributed by atoms with van der Waals surface area (Å²) in [6.45, 7) is 8.82. The van der Waals surface area contributed by atoms with Gasteiger partial charge in [0.1, 0.15) is 5.69 Å². The van der Waals surface area contributed by atoms with E-state index < -0.39 is 0 Å². The zero-order valence-corrected chi connectivity index (χ0v) is 12.9. The summed E-state index contributed by atoms with van der Waals surface area (Å²) in [5, 5.41) is 6.08. The summed E-state index contributed by atoms with van der Waals surface area (Å²) in [6.07, 6.45) is 2.72. The van der Waals surface area contributed by atoms with Gasteiger partial charge in [0.05, 0.1) is 0 Å². The molecule has 1 aromatic heterocycles. The van der Waals surface area contributed by atoms with Gasteiger partial charge in [-0.15, -0.1) is 0 Å². The highest BCUT2D eigenvalue weighted by molar-refractivity contribution is 5.93. The number of anilines is 1. The van der Waals surface area contributed by atoms with Crippen LogP contribution in [0.1, 0.15) is 37.7 Å². The molecule has 112 valence electrons. The van der Waals surface area contributed by atoms with Crippen molar-refractivity contribution >= 4 is 11.6 Å². The molecule has 0 unspecified atom stereocenters. The van der Waals surface area contributed by atoms with Crippen molar-refractivity contribution in [2.45, 2.75) is 33.2 Å². The van der Waals surface area contributed by atoms with Crippen LogP contribution in [0.15, 0.2) is 18.3 Å². The first-order valence-electron chi connectivity index (χ1n) is 7.23. The standard InChI is InChI=1S/C15H26N4O/c1-5-16-15(20)14-11-13(7-9-18-14)17-8-6-10-19(4)12(2)3/h7,9,11-12H,5-6,8,10H2,1-4H3,(H,16,20)(H,17,18). The first-order valence-corrected chi connectivity index (χ1v) is 7.23. The fourth-order valence-corrected chi connectivity index (χ4v) is 1.74. The van der Waals surface area contributed by atoms with Crippen LogP contribution in [0.25, 0.3) is 0 Å². The number of rotatable bonds is 8. The molecule has 2 N–H and O–H groups in total. The maximum absolute atomic E-state index is 11.7. The molecule has 1 rings (SSSR count). The number of amides is 1. The number of aromatic nitrogens is 1. The number of hydrogen-bond acceptors (Lipinski definition) is 4. The number of hydrogen-bond donors (Lipinski definition) is 2. The Morgan fingerprint density at radius 2 is 2.20 bits per heavy atom. The molecule has 1 amide bonds. The van der Waals surface area contributed by atoms with Gasteiger partial charge in [0, 0.05) is 31.0 Å². The second-order valence-electron chi connectivity index (χ2n) is 5.14. The molecule has 1 heterocycles. The van der Waals surface area contributed by atoms with E-state index in [1.54, 1.807) is 12.3 Å². The van der Waals surface area contributed by atoms with E-state index in [1.807, 2.05) is 13.0 Å². The topological polar surface area (TPSA) is 57.3 Å². The van der Waals surface area contributed by atoms with E-state index in [0.717, 1.165) is 25.2 Å². The van der Waals surface area contributed by atoms with Crippen LogP contribution in [0.2, 0.25) is 0 Å². The fourth-order valence-electron chi connectivity index (χ4n) is 1.74. The van der Waals surface area contributed by atoms with Crippen LogP contribution >= 0.6 is 0 Å². The minimum Gasteiger partial charge on any atom is -0.385 e. The molecule has 0 aliphatic rings. The van der Waals surface area contributed by atoms with Gasteiger partial charge in [-0.3, -0.25) is 9.78 Å². The Morgan fingerprint density at radius 1 is 1.45 bits per heavy atom. The summed E-state index contributed by atoms with van der Waals surface area (Å²) in [7, 11) is 2.13. The third-order valence-electron chi connectivity index (χ3n) is 3.23. The molecule has 0 atom stereocenters. The number of nitrogens with one attached hydrogen (secondary N) is 2. The predicted octanol–water partition coefficient (Wildman–Crippen LogP) is 1.97. The van der Waals surface area contributed by atoms with E-state index >= 15 is 0 Å². The van der Waals surface area contributed by atoms with Gasteiger partial charge >= 0.3 is 0 Å². The normalized spacial score (nSPS) is 10.9. The van der Waals surface area contributed by atoms with Gasteiger partial charge < -0.3 is 15.5 Å². The van der Waals surface area contributed by atoms with Crippen molar-refractivity contribution in [1.29, 1.82) is 0 Å². The monoisotopic (exact) mass is 278 g/mol. The molecule has 0 fully saturated rings. The largest absolute Gasteiger partial charge is 0.385 e. The summed E-state index contributed by atoms with van der Waals surface area (Å²) in [5.41, 5.74) is 1.39. The Labute approximate surface area is 121 Å². The average Bonchev–Trinajstić information content (AvgIpc) is 2.43. The quantitative estimate of drug-likeness (QED) is 0.714.